The Morgan fingerprint density at radius 1 is 1.16 bits per heavy atom. The van der Waals surface area contributed by atoms with E-state index in [4.69, 9.17) is 5.73 Å². The fourth-order valence-corrected chi connectivity index (χ4v) is 3.03. The van der Waals surface area contributed by atoms with Crippen molar-refractivity contribution in [1.29, 1.82) is 0 Å². The number of aromatic nitrogens is 2. The number of anilines is 1. The standard InChI is InChI=1S/C17H17F3N4O/c18-17(19,20)13-3-1-11(2-4-13)12-5-7-24(8-6-12)16(25)14-9-22-10-23-15(14)21/h1-4,9-10,12H,5-8H2,(H2,21,22,23). The van der Waals surface area contributed by atoms with Gasteiger partial charge in [0.05, 0.1) is 11.1 Å². The molecule has 132 valence electrons. The van der Waals surface area contributed by atoms with Crippen LogP contribution >= 0.6 is 0 Å². The van der Waals surface area contributed by atoms with Crippen LogP contribution in [0.25, 0.3) is 0 Å². The normalized spacial score (nSPS) is 16.0. The highest BCUT2D eigenvalue weighted by atomic mass is 19.4. The van der Waals surface area contributed by atoms with Gasteiger partial charge in [0.1, 0.15) is 12.1 Å². The summed E-state index contributed by atoms with van der Waals surface area (Å²) in [6, 6.07) is 5.26. The van der Waals surface area contributed by atoms with Crippen molar-refractivity contribution >= 4 is 11.7 Å². The molecule has 1 amide bonds. The second-order valence-electron chi connectivity index (χ2n) is 6.01. The number of alkyl halides is 3. The number of amides is 1. The first kappa shape index (κ1) is 17.2. The van der Waals surface area contributed by atoms with Gasteiger partial charge < -0.3 is 10.6 Å². The fourth-order valence-electron chi connectivity index (χ4n) is 3.03. The van der Waals surface area contributed by atoms with E-state index in [1.165, 1.54) is 24.7 Å². The first-order valence-corrected chi connectivity index (χ1v) is 7.88. The average Bonchev–Trinajstić information content (AvgIpc) is 2.61. The van der Waals surface area contributed by atoms with E-state index in [9.17, 15) is 18.0 Å². The van der Waals surface area contributed by atoms with E-state index in [-0.39, 0.29) is 23.2 Å². The zero-order chi connectivity index (χ0) is 18.0. The zero-order valence-electron chi connectivity index (χ0n) is 13.3. The molecule has 1 saturated heterocycles. The molecule has 0 atom stereocenters. The summed E-state index contributed by atoms with van der Waals surface area (Å²) in [5.74, 6) is 0.0598. The SMILES string of the molecule is Nc1ncncc1C(=O)N1CCC(c2ccc(C(F)(F)F)cc2)CC1. The molecule has 0 spiro atoms. The van der Waals surface area contributed by atoms with Crippen molar-refractivity contribution in [1.82, 2.24) is 14.9 Å². The first-order chi connectivity index (χ1) is 11.9. The minimum absolute atomic E-state index is 0.135. The van der Waals surface area contributed by atoms with Gasteiger partial charge in [0, 0.05) is 19.3 Å². The average molecular weight is 350 g/mol. The summed E-state index contributed by atoms with van der Waals surface area (Å²) in [6.45, 7) is 1.03. The molecule has 2 aromatic rings. The fraction of sp³-hybridized carbons (Fsp3) is 0.353. The number of carbonyl (C=O) groups excluding carboxylic acids is 1. The largest absolute Gasteiger partial charge is 0.416 e. The van der Waals surface area contributed by atoms with Crippen LogP contribution in [0.2, 0.25) is 0 Å². The Labute approximate surface area is 142 Å². The van der Waals surface area contributed by atoms with Gasteiger partial charge in [0.2, 0.25) is 0 Å². The highest BCUT2D eigenvalue weighted by Crippen LogP contribution is 2.33. The highest BCUT2D eigenvalue weighted by Gasteiger charge is 2.31. The van der Waals surface area contributed by atoms with Gasteiger partial charge in [0.25, 0.3) is 5.91 Å². The number of likely N-dealkylation sites (tertiary alicyclic amines) is 1. The smallest absolute Gasteiger partial charge is 0.383 e. The van der Waals surface area contributed by atoms with Crippen LogP contribution in [0.3, 0.4) is 0 Å². The maximum absolute atomic E-state index is 12.6. The Morgan fingerprint density at radius 2 is 1.80 bits per heavy atom. The molecular weight excluding hydrogens is 333 g/mol. The topological polar surface area (TPSA) is 72.1 Å². The molecule has 25 heavy (non-hydrogen) atoms. The molecule has 0 aliphatic carbocycles. The molecule has 1 fully saturated rings. The van der Waals surface area contributed by atoms with Crippen LogP contribution < -0.4 is 5.73 Å². The second-order valence-corrected chi connectivity index (χ2v) is 6.01. The summed E-state index contributed by atoms with van der Waals surface area (Å²) >= 11 is 0. The van der Waals surface area contributed by atoms with Crippen LogP contribution in [0, 0.1) is 0 Å². The molecule has 5 nitrogen and oxygen atoms in total. The lowest BCUT2D eigenvalue weighted by Gasteiger charge is -2.32. The molecule has 2 heterocycles. The molecule has 2 N–H and O–H groups in total. The molecule has 0 unspecified atom stereocenters. The van der Waals surface area contributed by atoms with E-state index in [1.807, 2.05) is 0 Å². The number of rotatable bonds is 2. The minimum atomic E-state index is -4.33. The van der Waals surface area contributed by atoms with Crippen molar-refractivity contribution in [3.05, 3.63) is 53.5 Å². The van der Waals surface area contributed by atoms with E-state index < -0.39 is 11.7 Å². The summed E-state index contributed by atoms with van der Waals surface area (Å²) in [5, 5.41) is 0. The third-order valence-electron chi connectivity index (χ3n) is 4.47. The lowest BCUT2D eigenvalue weighted by Crippen LogP contribution is -2.38. The van der Waals surface area contributed by atoms with E-state index in [1.54, 1.807) is 4.90 Å². The molecule has 1 aromatic carbocycles. The summed E-state index contributed by atoms with van der Waals surface area (Å²) in [6.07, 6.45) is -0.281. The first-order valence-electron chi connectivity index (χ1n) is 7.88. The van der Waals surface area contributed by atoms with Gasteiger partial charge in [0.15, 0.2) is 0 Å². The molecule has 8 heteroatoms. The summed E-state index contributed by atoms with van der Waals surface area (Å²) in [7, 11) is 0. The van der Waals surface area contributed by atoms with Crippen molar-refractivity contribution in [2.75, 3.05) is 18.8 Å². The lowest BCUT2D eigenvalue weighted by molar-refractivity contribution is -0.137. The number of hydrogen-bond acceptors (Lipinski definition) is 4. The molecule has 3 rings (SSSR count). The van der Waals surface area contributed by atoms with Gasteiger partial charge in [-0.2, -0.15) is 13.2 Å². The molecule has 1 aromatic heterocycles. The number of benzene rings is 1. The minimum Gasteiger partial charge on any atom is -0.383 e. The van der Waals surface area contributed by atoms with Crippen LogP contribution in [-0.4, -0.2) is 33.9 Å². The Kier molecular flexibility index (Phi) is 4.61. The molecule has 0 saturated carbocycles. The number of nitrogens with zero attached hydrogens (tertiary/aromatic N) is 3. The van der Waals surface area contributed by atoms with E-state index >= 15 is 0 Å². The lowest BCUT2D eigenvalue weighted by atomic mass is 9.89. The Bertz CT molecular complexity index is 753. The maximum atomic E-state index is 12.6. The van der Waals surface area contributed by atoms with Gasteiger partial charge in [-0.15, -0.1) is 0 Å². The number of piperidine rings is 1. The monoisotopic (exact) mass is 350 g/mol. The third kappa shape index (κ3) is 3.72. The maximum Gasteiger partial charge on any atom is 0.416 e. The predicted octanol–water partition coefficient (Wildman–Crippen LogP) is 3.10. The van der Waals surface area contributed by atoms with Crippen molar-refractivity contribution in [3.8, 4) is 0 Å². The second kappa shape index (κ2) is 6.70. The summed E-state index contributed by atoms with van der Waals surface area (Å²) in [4.78, 5) is 21.8. The van der Waals surface area contributed by atoms with E-state index in [2.05, 4.69) is 9.97 Å². The molecule has 1 aliphatic rings. The number of halogens is 3. The van der Waals surface area contributed by atoms with Gasteiger partial charge in [-0.05, 0) is 36.5 Å². The summed E-state index contributed by atoms with van der Waals surface area (Å²) < 4.78 is 37.9. The van der Waals surface area contributed by atoms with Crippen LogP contribution in [0.15, 0.2) is 36.8 Å². The van der Waals surface area contributed by atoms with Gasteiger partial charge in [-0.25, -0.2) is 9.97 Å². The van der Waals surface area contributed by atoms with Gasteiger partial charge >= 0.3 is 6.18 Å². The van der Waals surface area contributed by atoms with Crippen molar-refractivity contribution in [3.63, 3.8) is 0 Å². The number of carbonyl (C=O) groups is 1. The Hall–Kier alpha value is -2.64. The van der Waals surface area contributed by atoms with Gasteiger partial charge in [-0.1, -0.05) is 12.1 Å². The molecule has 0 radical (unpaired) electrons. The quantitative estimate of drug-likeness (QED) is 0.903. The number of hydrogen-bond donors (Lipinski definition) is 1. The Morgan fingerprint density at radius 3 is 2.36 bits per heavy atom. The van der Waals surface area contributed by atoms with Crippen LogP contribution in [0.5, 0.6) is 0 Å². The molecule has 0 bridgehead atoms. The molecular formula is C17H17F3N4O. The van der Waals surface area contributed by atoms with Crippen molar-refractivity contribution < 1.29 is 18.0 Å². The third-order valence-corrected chi connectivity index (χ3v) is 4.47. The Balaban J connectivity index is 1.64. The van der Waals surface area contributed by atoms with Gasteiger partial charge in [-0.3, -0.25) is 4.79 Å². The van der Waals surface area contributed by atoms with Crippen molar-refractivity contribution in [2.45, 2.75) is 24.9 Å². The molecule has 1 aliphatic heterocycles. The number of nitrogen functional groups attached to an aromatic ring is 1. The van der Waals surface area contributed by atoms with Crippen molar-refractivity contribution in [2.24, 2.45) is 0 Å². The number of nitrogens with two attached hydrogens (primary N) is 1. The van der Waals surface area contributed by atoms with E-state index in [0.29, 0.717) is 25.9 Å². The van der Waals surface area contributed by atoms with Crippen LogP contribution in [0.4, 0.5) is 19.0 Å². The van der Waals surface area contributed by atoms with Crippen LogP contribution in [0.1, 0.15) is 40.2 Å². The predicted molar refractivity (Wildman–Crippen MR) is 85.8 cm³/mol. The van der Waals surface area contributed by atoms with Crippen LogP contribution in [-0.2, 0) is 6.18 Å². The zero-order valence-corrected chi connectivity index (χ0v) is 13.3. The van der Waals surface area contributed by atoms with E-state index in [0.717, 1.165) is 17.7 Å². The highest BCUT2D eigenvalue weighted by molar-refractivity contribution is 5.98. The summed E-state index contributed by atoms with van der Waals surface area (Å²) in [5.41, 5.74) is 6.19.